The molecular weight excluding hydrogens is 969 g/mol. The molecule has 0 aliphatic carbocycles. The standard InChI is InChI=1S/C24H34O2S6.C22H30O2S5/c1-3-19(25)17-30-21-4-8-23(9-5-21)32-24-10-6-22(7-11-24)31-18-20(26)16-29-15-14-28-13-12-27-2;1-3-17(23)15-27-19-4-8-21(9-5-19)29-22-10-6-20(7-11-22)28-16-18(24)14-26-13-12-25-2/h4-11,19-20,25-26H,3,12-18H2,1-2H3;4-11,17-18,23-24H,3,12-16H2,1-2H3. The van der Waals surface area contributed by atoms with Crippen LogP contribution in [0.2, 0.25) is 0 Å². The molecule has 4 aromatic carbocycles. The first-order chi connectivity index (χ1) is 29.7. The summed E-state index contributed by atoms with van der Waals surface area (Å²) in [5.74, 6) is 11.6. The fraction of sp³-hybridized carbons (Fsp3) is 0.478. The molecule has 4 N–H and O–H groups in total. The minimum absolute atomic E-state index is 0.231. The van der Waals surface area contributed by atoms with E-state index in [0.29, 0.717) is 0 Å². The largest absolute Gasteiger partial charge is 0.392 e. The van der Waals surface area contributed by atoms with Crippen LogP contribution >= 0.6 is 129 Å². The van der Waals surface area contributed by atoms with Gasteiger partial charge in [0.15, 0.2) is 0 Å². The highest BCUT2D eigenvalue weighted by molar-refractivity contribution is 8.04. The van der Waals surface area contributed by atoms with Crippen LogP contribution in [0.1, 0.15) is 26.7 Å². The lowest BCUT2D eigenvalue weighted by Crippen LogP contribution is -2.13. The summed E-state index contributed by atoms with van der Waals surface area (Å²) in [7, 11) is 0. The van der Waals surface area contributed by atoms with Crippen molar-refractivity contribution in [1.29, 1.82) is 0 Å². The molecule has 338 valence electrons. The highest BCUT2D eigenvalue weighted by Crippen LogP contribution is 2.33. The van der Waals surface area contributed by atoms with Crippen molar-refractivity contribution in [3.8, 4) is 0 Å². The summed E-state index contributed by atoms with van der Waals surface area (Å²) in [4.78, 5) is 9.64. The van der Waals surface area contributed by atoms with Gasteiger partial charge in [-0.2, -0.15) is 58.8 Å². The minimum Gasteiger partial charge on any atom is -0.392 e. The van der Waals surface area contributed by atoms with Crippen molar-refractivity contribution in [1.82, 2.24) is 0 Å². The maximum absolute atomic E-state index is 10.2. The lowest BCUT2D eigenvalue weighted by Gasteiger charge is -2.10. The number of aliphatic hydroxyl groups is 4. The summed E-state index contributed by atoms with van der Waals surface area (Å²) in [5, 5.41) is 39.7. The topological polar surface area (TPSA) is 80.9 Å². The zero-order valence-corrected chi connectivity index (χ0v) is 44.7. The zero-order valence-electron chi connectivity index (χ0n) is 35.7. The van der Waals surface area contributed by atoms with Crippen LogP contribution in [0.15, 0.2) is 136 Å². The van der Waals surface area contributed by atoms with E-state index in [-0.39, 0.29) is 24.4 Å². The van der Waals surface area contributed by atoms with Crippen LogP contribution < -0.4 is 0 Å². The lowest BCUT2D eigenvalue weighted by molar-refractivity contribution is 0.195. The molecule has 4 rings (SSSR count). The van der Waals surface area contributed by atoms with E-state index in [1.807, 2.05) is 72.7 Å². The van der Waals surface area contributed by atoms with Crippen molar-refractivity contribution in [2.75, 3.05) is 81.5 Å². The van der Waals surface area contributed by atoms with Crippen LogP contribution in [-0.2, 0) is 0 Å². The molecule has 0 aliphatic heterocycles. The van der Waals surface area contributed by atoms with E-state index in [1.54, 1.807) is 70.6 Å². The summed E-state index contributed by atoms with van der Waals surface area (Å²) in [6.45, 7) is 4.01. The molecule has 15 heteroatoms. The molecule has 4 nitrogen and oxygen atoms in total. The Balaban J connectivity index is 0.000000327. The van der Waals surface area contributed by atoms with Gasteiger partial charge in [0.25, 0.3) is 0 Å². The summed E-state index contributed by atoms with van der Waals surface area (Å²) in [5.41, 5.74) is 0. The molecule has 0 spiro atoms. The number of hydrogen-bond donors (Lipinski definition) is 4. The van der Waals surface area contributed by atoms with Crippen LogP contribution in [0.3, 0.4) is 0 Å². The molecule has 4 atom stereocenters. The van der Waals surface area contributed by atoms with Gasteiger partial charge in [-0.25, -0.2) is 0 Å². The smallest absolute Gasteiger partial charge is 0.0724 e. The van der Waals surface area contributed by atoms with Gasteiger partial charge >= 0.3 is 0 Å². The molecule has 0 aliphatic rings. The molecule has 0 fully saturated rings. The van der Waals surface area contributed by atoms with E-state index in [0.717, 1.165) is 64.6 Å². The van der Waals surface area contributed by atoms with Gasteiger partial charge in [0.2, 0.25) is 0 Å². The second-order valence-electron chi connectivity index (χ2n) is 13.5. The Labute approximate surface area is 414 Å². The second kappa shape index (κ2) is 35.7. The summed E-state index contributed by atoms with van der Waals surface area (Å²) < 4.78 is 0. The predicted octanol–water partition coefficient (Wildman–Crippen LogP) is 13.2. The number of thioether (sulfide) groups is 9. The minimum atomic E-state index is -0.259. The van der Waals surface area contributed by atoms with Crippen LogP contribution in [0.5, 0.6) is 0 Å². The monoisotopic (exact) mass is 1030 g/mol. The van der Waals surface area contributed by atoms with E-state index < -0.39 is 0 Å². The molecule has 4 aromatic rings. The van der Waals surface area contributed by atoms with Crippen molar-refractivity contribution in [2.45, 2.75) is 90.3 Å². The third kappa shape index (κ3) is 27.1. The van der Waals surface area contributed by atoms with Gasteiger partial charge in [-0.15, -0.1) is 47.0 Å². The summed E-state index contributed by atoms with van der Waals surface area (Å²) in [6, 6.07) is 34.2. The van der Waals surface area contributed by atoms with Crippen LogP contribution in [0.25, 0.3) is 0 Å². The summed E-state index contributed by atoms with van der Waals surface area (Å²) >= 11 is 19.8. The average molecular weight is 1030 g/mol. The van der Waals surface area contributed by atoms with Gasteiger partial charge in [-0.1, -0.05) is 37.4 Å². The first kappa shape index (κ1) is 55.9. The highest BCUT2D eigenvalue weighted by Gasteiger charge is 2.09. The van der Waals surface area contributed by atoms with E-state index in [4.69, 9.17) is 0 Å². The zero-order chi connectivity index (χ0) is 43.9. The first-order valence-corrected chi connectivity index (χ1v) is 32.2. The van der Waals surface area contributed by atoms with Crippen LogP contribution in [0.4, 0.5) is 0 Å². The Morgan fingerprint density at radius 1 is 0.328 bits per heavy atom. The molecule has 0 radical (unpaired) electrons. The second-order valence-corrected chi connectivity index (χ2v) is 25.7. The van der Waals surface area contributed by atoms with Crippen molar-refractivity contribution >= 4 is 129 Å². The quantitative estimate of drug-likeness (QED) is 0.0285. The molecule has 0 saturated carbocycles. The average Bonchev–Trinajstić information content (AvgIpc) is 3.29. The van der Waals surface area contributed by atoms with Crippen LogP contribution in [-0.4, -0.2) is 126 Å². The maximum atomic E-state index is 10.2. The highest BCUT2D eigenvalue weighted by atomic mass is 32.2. The van der Waals surface area contributed by atoms with Crippen molar-refractivity contribution < 1.29 is 20.4 Å². The Morgan fingerprint density at radius 3 is 0.869 bits per heavy atom. The molecular formula is C46H64O4S11. The first-order valence-electron chi connectivity index (χ1n) is 20.4. The molecule has 0 bridgehead atoms. The molecule has 0 amide bonds. The fourth-order valence-corrected chi connectivity index (χ4v) is 14.8. The molecule has 0 saturated heterocycles. The number of rotatable bonds is 31. The van der Waals surface area contributed by atoms with Gasteiger partial charge < -0.3 is 20.4 Å². The van der Waals surface area contributed by atoms with Gasteiger partial charge in [0, 0.05) is 108 Å². The van der Waals surface area contributed by atoms with Gasteiger partial charge in [0.05, 0.1) is 24.4 Å². The SMILES string of the molecule is CCC(O)CSc1ccc(Sc2ccc(SCC(O)CSCCSC)cc2)cc1.CCC(O)CSc1ccc(Sc2ccc(SCC(O)CSCCSCCSC)cc2)cc1. The Kier molecular flexibility index (Phi) is 32.7. The third-order valence-electron chi connectivity index (χ3n) is 8.33. The Morgan fingerprint density at radius 2 is 0.574 bits per heavy atom. The number of aliphatic hydroxyl groups excluding tert-OH is 4. The lowest BCUT2D eigenvalue weighted by atomic mass is 10.3. The van der Waals surface area contributed by atoms with E-state index in [1.165, 1.54) is 56.4 Å². The van der Waals surface area contributed by atoms with E-state index >= 15 is 0 Å². The van der Waals surface area contributed by atoms with Gasteiger partial charge in [0.1, 0.15) is 0 Å². The normalized spacial score (nSPS) is 13.3. The predicted molar refractivity (Wildman–Crippen MR) is 290 cm³/mol. The van der Waals surface area contributed by atoms with Gasteiger partial charge in [-0.05, 0) is 122 Å². The van der Waals surface area contributed by atoms with E-state index in [2.05, 4.69) is 110 Å². The number of benzene rings is 4. The van der Waals surface area contributed by atoms with Crippen LogP contribution in [0, 0.1) is 0 Å². The molecule has 0 aromatic heterocycles. The summed E-state index contributed by atoms with van der Waals surface area (Å²) in [6.07, 6.45) is 4.88. The Bertz CT molecular complexity index is 1650. The van der Waals surface area contributed by atoms with Gasteiger partial charge in [-0.3, -0.25) is 0 Å². The maximum Gasteiger partial charge on any atom is 0.0724 e. The van der Waals surface area contributed by atoms with Crippen molar-refractivity contribution in [2.24, 2.45) is 0 Å². The van der Waals surface area contributed by atoms with Crippen molar-refractivity contribution in [3.05, 3.63) is 97.1 Å². The van der Waals surface area contributed by atoms with Crippen molar-refractivity contribution in [3.63, 3.8) is 0 Å². The molecule has 4 unspecified atom stereocenters. The molecule has 0 heterocycles. The van der Waals surface area contributed by atoms with E-state index in [9.17, 15) is 20.4 Å². The fourth-order valence-electron chi connectivity index (χ4n) is 4.73. The number of hydrogen-bond acceptors (Lipinski definition) is 15. The molecule has 61 heavy (non-hydrogen) atoms. The third-order valence-corrected chi connectivity index (χ3v) is 20.2. The Hall–Kier alpha value is 0.570.